The van der Waals surface area contributed by atoms with Crippen LogP contribution in [0.3, 0.4) is 0 Å². The summed E-state index contributed by atoms with van der Waals surface area (Å²) in [6, 6.07) is 0. The largest absolute Gasteiger partial charge is 0.491 e. The van der Waals surface area contributed by atoms with Crippen molar-refractivity contribution in [1.82, 2.24) is 0 Å². The molecule has 0 saturated carbocycles. The van der Waals surface area contributed by atoms with Crippen molar-refractivity contribution in [3.63, 3.8) is 0 Å². The Morgan fingerprint density at radius 3 is 2.30 bits per heavy atom. The molecule has 1 aliphatic heterocycles. The number of hydrogen-bond acceptors (Lipinski definition) is 4. The Labute approximate surface area is 122 Å². The first-order chi connectivity index (χ1) is 9.15. The molecule has 0 saturated heterocycles. The molecule has 0 N–H and O–H groups in total. The summed E-state index contributed by atoms with van der Waals surface area (Å²) in [4.78, 5) is 12.6. The SMILES string of the molecule is CCOC1=COC1C(C)OC(C)(CC)C(=O)C(C)(C)C. The van der Waals surface area contributed by atoms with Gasteiger partial charge in [-0.1, -0.05) is 27.7 Å². The fourth-order valence-corrected chi connectivity index (χ4v) is 2.39. The first kappa shape index (κ1) is 17.0. The van der Waals surface area contributed by atoms with E-state index < -0.39 is 11.0 Å². The molecule has 20 heavy (non-hydrogen) atoms. The molecule has 0 aromatic heterocycles. The lowest BCUT2D eigenvalue weighted by molar-refractivity contribution is -0.171. The maximum Gasteiger partial charge on any atom is 0.183 e. The fraction of sp³-hybridized carbons (Fsp3) is 0.812. The van der Waals surface area contributed by atoms with E-state index in [-0.39, 0.29) is 18.0 Å². The summed E-state index contributed by atoms with van der Waals surface area (Å²) in [5.41, 5.74) is -1.22. The van der Waals surface area contributed by atoms with E-state index in [9.17, 15) is 4.79 Å². The second-order valence-corrected chi connectivity index (χ2v) is 6.50. The van der Waals surface area contributed by atoms with E-state index >= 15 is 0 Å². The summed E-state index contributed by atoms with van der Waals surface area (Å²) >= 11 is 0. The molecular formula is C16H28O4. The van der Waals surface area contributed by atoms with Gasteiger partial charge in [-0.05, 0) is 27.2 Å². The van der Waals surface area contributed by atoms with Gasteiger partial charge in [0.25, 0.3) is 0 Å². The molecule has 0 spiro atoms. The van der Waals surface area contributed by atoms with Crippen molar-refractivity contribution < 1.29 is 19.0 Å². The zero-order valence-corrected chi connectivity index (χ0v) is 13.8. The predicted octanol–water partition coefficient (Wildman–Crippen LogP) is 3.45. The van der Waals surface area contributed by atoms with Crippen molar-refractivity contribution in [3.05, 3.63) is 12.0 Å². The highest BCUT2D eigenvalue weighted by molar-refractivity contribution is 5.91. The third-order valence-electron chi connectivity index (χ3n) is 3.63. The zero-order chi connectivity index (χ0) is 15.6. The molecule has 0 bridgehead atoms. The van der Waals surface area contributed by atoms with Gasteiger partial charge >= 0.3 is 0 Å². The second-order valence-electron chi connectivity index (χ2n) is 6.50. The molecule has 1 rings (SSSR count). The highest BCUT2D eigenvalue weighted by atomic mass is 16.6. The zero-order valence-electron chi connectivity index (χ0n) is 13.8. The number of carbonyl (C=O) groups is 1. The van der Waals surface area contributed by atoms with Crippen LogP contribution in [0.25, 0.3) is 0 Å². The van der Waals surface area contributed by atoms with Crippen LogP contribution in [0.15, 0.2) is 12.0 Å². The standard InChI is InChI=1S/C16H28O4/c1-8-16(7,14(17)15(4,5)6)20-11(3)13-12(10-19-13)18-9-2/h10-11,13H,8-9H2,1-7H3. The van der Waals surface area contributed by atoms with Gasteiger partial charge in [0.2, 0.25) is 0 Å². The van der Waals surface area contributed by atoms with Gasteiger partial charge in [-0.2, -0.15) is 0 Å². The van der Waals surface area contributed by atoms with Gasteiger partial charge in [-0.15, -0.1) is 0 Å². The monoisotopic (exact) mass is 284 g/mol. The maximum atomic E-state index is 12.6. The Bertz CT molecular complexity index is 380. The molecule has 0 aliphatic carbocycles. The van der Waals surface area contributed by atoms with Crippen molar-refractivity contribution in [3.8, 4) is 0 Å². The van der Waals surface area contributed by atoms with Gasteiger partial charge < -0.3 is 14.2 Å². The Balaban J connectivity index is 2.74. The van der Waals surface area contributed by atoms with Crippen molar-refractivity contribution in [1.29, 1.82) is 0 Å². The number of rotatable bonds is 7. The van der Waals surface area contributed by atoms with E-state index in [4.69, 9.17) is 14.2 Å². The number of ketones is 1. The minimum Gasteiger partial charge on any atom is -0.491 e. The Morgan fingerprint density at radius 1 is 1.35 bits per heavy atom. The van der Waals surface area contributed by atoms with E-state index in [0.29, 0.717) is 13.0 Å². The Morgan fingerprint density at radius 2 is 1.95 bits per heavy atom. The average molecular weight is 284 g/mol. The normalized spacial score (nSPS) is 22.9. The highest BCUT2D eigenvalue weighted by Crippen LogP contribution is 2.33. The van der Waals surface area contributed by atoms with Crippen molar-refractivity contribution >= 4 is 5.78 Å². The number of carbonyl (C=O) groups excluding carboxylic acids is 1. The summed E-state index contributed by atoms with van der Waals surface area (Å²) in [6.45, 7) is 14.0. The molecule has 0 aromatic rings. The lowest BCUT2D eigenvalue weighted by atomic mass is 9.79. The smallest absolute Gasteiger partial charge is 0.183 e. The van der Waals surface area contributed by atoms with Gasteiger partial charge in [0.15, 0.2) is 17.6 Å². The van der Waals surface area contributed by atoms with Crippen molar-refractivity contribution in [2.24, 2.45) is 5.41 Å². The average Bonchev–Trinajstić information content (AvgIpc) is 2.32. The molecule has 0 amide bonds. The molecule has 1 aliphatic rings. The van der Waals surface area contributed by atoms with Crippen LogP contribution in [-0.2, 0) is 19.0 Å². The van der Waals surface area contributed by atoms with E-state index in [2.05, 4.69) is 0 Å². The lowest BCUT2D eigenvalue weighted by Gasteiger charge is -2.39. The van der Waals surface area contributed by atoms with Crippen LogP contribution in [0.5, 0.6) is 0 Å². The Hall–Kier alpha value is -1.03. The van der Waals surface area contributed by atoms with Gasteiger partial charge in [-0.3, -0.25) is 4.79 Å². The van der Waals surface area contributed by atoms with Crippen LogP contribution in [0.4, 0.5) is 0 Å². The summed E-state index contributed by atoms with van der Waals surface area (Å²) < 4.78 is 16.9. The van der Waals surface area contributed by atoms with Crippen LogP contribution in [0, 0.1) is 5.41 Å². The summed E-state index contributed by atoms with van der Waals surface area (Å²) in [7, 11) is 0. The minimum atomic E-state index is -0.798. The van der Waals surface area contributed by atoms with Gasteiger partial charge in [0.1, 0.15) is 18.0 Å². The molecule has 1 heterocycles. The van der Waals surface area contributed by atoms with Crippen LogP contribution in [0.1, 0.15) is 54.9 Å². The summed E-state index contributed by atoms with van der Waals surface area (Å²) in [6.07, 6.45) is 1.79. The highest BCUT2D eigenvalue weighted by Gasteiger charge is 2.43. The minimum absolute atomic E-state index is 0.112. The third kappa shape index (κ3) is 3.54. The molecular weight excluding hydrogens is 256 g/mol. The quantitative estimate of drug-likeness (QED) is 0.718. The second kappa shape index (κ2) is 6.17. The van der Waals surface area contributed by atoms with E-state index in [1.807, 2.05) is 48.5 Å². The molecule has 0 fully saturated rings. The third-order valence-corrected chi connectivity index (χ3v) is 3.63. The molecule has 116 valence electrons. The van der Waals surface area contributed by atoms with E-state index in [0.717, 1.165) is 5.76 Å². The van der Waals surface area contributed by atoms with Crippen molar-refractivity contribution in [2.75, 3.05) is 6.61 Å². The number of Topliss-reactive ketones (excluding diaryl/α,β-unsaturated/α-hetero) is 1. The van der Waals surface area contributed by atoms with Gasteiger partial charge in [0, 0.05) is 5.41 Å². The van der Waals surface area contributed by atoms with Crippen LogP contribution >= 0.6 is 0 Å². The maximum absolute atomic E-state index is 12.6. The van der Waals surface area contributed by atoms with Crippen LogP contribution in [0.2, 0.25) is 0 Å². The molecule has 4 nitrogen and oxygen atoms in total. The topological polar surface area (TPSA) is 44.8 Å². The molecule has 4 heteroatoms. The first-order valence-electron chi connectivity index (χ1n) is 7.36. The van der Waals surface area contributed by atoms with Crippen LogP contribution in [-0.4, -0.2) is 30.2 Å². The van der Waals surface area contributed by atoms with E-state index in [1.165, 1.54) is 0 Å². The fourth-order valence-electron chi connectivity index (χ4n) is 2.39. The van der Waals surface area contributed by atoms with Gasteiger partial charge in [0.05, 0.1) is 6.61 Å². The van der Waals surface area contributed by atoms with Gasteiger partial charge in [-0.25, -0.2) is 0 Å². The molecule has 3 atom stereocenters. The number of hydrogen-bond donors (Lipinski definition) is 0. The summed E-state index contributed by atoms with van der Waals surface area (Å²) in [5, 5.41) is 0. The Kier molecular flexibility index (Phi) is 5.25. The first-order valence-corrected chi connectivity index (χ1v) is 7.36. The predicted molar refractivity (Wildman–Crippen MR) is 78.3 cm³/mol. The van der Waals surface area contributed by atoms with Crippen molar-refractivity contribution in [2.45, 2.75) is 72.7 Å². The lowest BCUT2D eigenvalue weighted by Crippen LogP contribution is -2.50. The van der Waals surface area contributed by atoms with E-state index in [1.54, 1.807) is 6.26 Å². The summed E-state index contributed by atoms with van der Waals surface area (Å²) in [5.74, 6) is 0.905. The molecule has 3 unspecified atom stereocenters. The van der Waals surface area contributed by atoms with Crippen LogP contribution < -0.4 is 0 Å². The molecule has 0 aromatic carbocycles. The molecule has 0 radical (unpaired) electrons. The number of ether oxygens (including phenoxy) is 3.